The van der Waals surface area contributed by atoms with Crippen LogP contribution in [0.4, 0.5) is 4.79 Å². The Hall–Kier alpha value is -1.75. The van der Waals surface area contributed by atoms with Crippen LogP contribution in [0.3, 0.4) is 0 Å². The molecule has 5 nitrogen and oxygen atoms in total. The summed E-state index contributed by atoms with van der Waals surface area (Å²) in [5.74, 6) is 0.745. The lowest BCUT2D eigenvalue weighted by Gasteiger charge is -2.28. The van der Waals surface area contributed by atoms with Crippen LogP contribution in [0.2, 0.25) is 0 Å². The average molecular weight is 266 g/mol. The lowest BCUT2D eigenvalue weighted by atomic mass is 10.1. The Morgan fingerprint density at radius 2 is 1.95 bits per heavy atom. The highest BCUT2D eigenvalue weighted by atomic mass is 16.5. The summed E-state index contributed by atoms with van der Waals surface area (Å²) < 4.78 is 5.09. The average Bonchev–Trinajstić information content (AvgIpc) is 2.39. The Balaban J connectivity index is 2.83. The van der Waals surface area contributed by atoms with Crippen molar-refractivity contribution in [3.05, 3.63) is 29.8 Å². The first-order chi connectivity index (χ1) is 8.99. The van der Waals surface area contributed by atoms with Crippen LogP contribution >= 0.6 is 0 Å². The highest BCUT2D eigenvalue weighted by Crippen LogP contribution is 2.21. The molecule has 106 valence electrons. The van der Waals surface area contributed by atoms with Gasteiger partial charge in [-0.3, -0.25) is 0 Å². The Bertz CT molecular complexity index is 404. The fourth-order valence-corrected chi connectivity index (χ4v) is 1.77. The molecule has 2 N–H and O–H groups in total. The summed E-state index contributed by atoms with van der Waals surface area (Å²) in [6, 6.07) is 6.80. The number of aliphatic hydroxyl groups excluding tert-OH is 1. The summed E-state index contributed by atoms with van der Waals surface area (Å²) in [5, 5.41) is 12.3. The third-order valence-electron chi connectivity index (χ3n) is 2.87. The smallest absolute Gasteiger partial charge is 0.317 e. The summed E-state index contributed by atoms with van der Waals surface area (Å²) >= 11 is 0. The number of likely N-dealkylation sites (N-methyl/N-ethyl adjacent to an activating group) is 1. The predicted octanol–water partition coefficient (Wildman–Crippen LogP) is 1.78. The minimum absolute atomic E-state index is 0.0603. The van der Waals surface area contributed by atoms with Gasteiger partial charge in [0.05, 0.1) is 19.8 Å². The summed E-state index contributed by atoms with van der Waals surface area (Å²) in [6.07, 6.45) is 0. The van der Waals surface area contributed by atoms with E-state index < -0.39 is 0 Å². The maximum Gasteiger partial charge on any atom is 0.317 e. The molecule has 0 spiro atoms. The molecule has 0 bridgehead atoms. The van der Waals surface area contributed by atoms with E-state index in [2.05, 4.69) is 5.32 Å². The molecule has 1 rings (SSSR count). The van der Waals surface area contributed by atoms with Crippen molar-refractivity contribution in [3.63, 3.8) is 0 Å². The predicted molar refractivity (Wildman–Crippen MR) is 74.3 cm³/mol. The fraction of sp³-hybridized carbons (Fsp3) is 0.500. The van der Waals surface area contributed by atoms with Crippen LogP contribution in [0.1, 0.15) is 25.5 Å². The van der Waals surface area contributed by atoms with E-state index in [1.54, 1.807) is 14.2 Å². The number of carbonyl (C=O) groups is 1. The van der Waals surface area contributed by atoms with Crippen LogP contribution in [0.5, 0.6) is 5.75 Å². The molecule has 0 aliphatic carbocycles. The number of amides is 2. The van der Waals surface area contributed by atoms with Gasteiger partial charge in [-0.2, -0.15) is 0 Å². The Labute approximate surface area is 114 Å². The quantitative estimate of drug-likeness (QED) is 0.854. The number of hydrogen-bond acceptors (Lipinski definition) is 3. The molecule has 2 amide bonds. The molecule has 5 heteroatoms. The monoisotopic (exact) mass is 266 g/mol. The second-order valence-electron chi connectivity index (χ2n) is 4.69. The first kappa shape index (κ1) is 15.3. The number of nitrogens with one attached hydrogen (secondary N) is 1. The first-order valence-electron chi connectivity index (χ1n) is 6.27. The molecular formula is C14H22N2O3. The minimum Gasteiger partial charge on any atom is -0.497 e. The molecule has 0 saturated carbocycles. The molecule has 0 heterocycles. The van der Waals surface area contributed by atoms with Crippen molar-refractivity contribution in [2.75, 3.05) is 20.8 Å². The van der Waals surface area contributed by atoms with Crippen molar-refractivity contribution >= 4 is 6.03 Å². The Morgan fingerprint density at radius 3 is 2.37 bits per heavy atom. The topological polar surface area (TPSA) is 61.8 Å². The van der Waals surface area contributed by atoms with Gasteiger partial charge in [0.1, 0.15) is 5.75 Å². The van der Waals surface area contributed by atoms with Gasteiger partial charge < -0.3 is 20.1 Å². The summed E-state index contributed by atoms with van der Waals surface area (Å²) in [7, 11) is 3.27. The molecule has 0 radical (unpaired) electrons. The largest absolute Gasteiger partial charge is 0.497 e. The number of hydrogen-bond donors (Lipinski definition) is 2. The number of benzene rings is 1. The van der Waals surface area contributed by atoms with Crippen molar-refractivity contribution in [1.82, 2.24) is 10.2 Å². The number of methoxy groups -OCH3 is 1. The third-order valence-corrected chi connectivity index (χ3v) is 2.87. The molecule has 0 saturated heterocycles. The van der Waals surface area contributed by atoms with Crippen LogP contribution < -0.4 is 10.1 Å². The molecule has 0 aliphatic rings. The van der Waals surface area contributed by atoms with Crippen LogP contribution in [0.25, 0.3) is 0 Å². The van der Waals surface area contributed by atoms with E-state index in [1.807, 2.05) is 38.1 Å². The zero-order valence-corrected chi connectivity index (χ0v) is 11.9. The van der Waals surface area contributed by atoms with Crippen molar-refractivity contribution in [3.8, 4) is 5.75 Å². The van der Waals surface area contributed by atoms with Gasteiger partial charge in [-0.25, -0.2) is 4.79 Å². The number of nitrogens with zero attached hydrogens (tertiary/aromatic N) is 1. The van der Waals surface area contributed by atoms with Crippen molar-refractivity contribution in [1.29, 1.82) is 0 Å². The summed E-state index contributed by atoms with van der Waals surface area (Å²) in [4.78, 5) is 13.4. The molecule has 19 heavy (non-hydrogen) atoms. The van der Waals surface area contributed by atoms with Gasteiger partial charge in [-0.1, -0.05) is 12.1 Å². The van der Waals surface area contributed by atoms with Gasteiger partial charge in [0.25, 0.3) is 0 Å². The van der Waals surface area contributed by atoms with Crippen molar-refractivity contribution in [2.45, 2.75) is 25.9 Å². The number of carbonyl (C=O) groups excluding carboxylic acids is 1. The number of rotatable bonds is 5. The Morgan fingerprint density at radius 1 is 1.37 bits per heavy atom. The van der Waals surface area contributed by atoms with Gasteiger partial charge in [0, 0.05) is 13.1 Å². The lowest BCUT2D eigenvalue weighted by Crippen LogP contribution is -2.43. The second-order valence-corrected chi connectivity index (χ2v) is 4.69. The van der Waals surface area contributed by atoms with E-state index in [-0.39, 0.29) is 24.7 Å². The van der Waals surface area contributed by atoms with Crippen LogP contribution in [-0.4, -0.2) is 42.8 Å². The lowest BCUT2D eigenvalue weighted by molar-refractivity contribution is 0.148. The van der Waals surface area contributed by atoms with E-state index in [0.29, 0.717) is 0 Å². The fourth-order valence-electron chi connectivity index (χ4n) is 1.77. The number of ether oxygens (including phenoxy) is 1. The zero-order valence-electron chi connectivity index (χ0n) is 11.9. The van der Waals surface area contributed by atoms with E-state index >= 15 is 0 Å². The van der Waals surface area contributed by atoms with Crippen molar-refractivity contribution in [2.24, 2.45) is 0 Å². The highest BCUT2D eigenvalue weighted by Gasteiger charge is 2.21. The first-order valence-corrected chi connectivity index (χ1v) is 6.27. The van der Waals surface area contributed by atoms with Crippen LogP contribution in [0, 0.1) is 0 Å². The molecule has 0 aliphatic heterocycles. The van der Waals surface area contributed by atoms with E-state index in [9.17, 15) is 9.90 Å². The summed E-state index contributed by atoms with van der Waals surface area (Å²) in [6.45, 7) is 3.66. The van der Waals surface area contributed by atoms with Crippen LogP contribution in [-0.2, 0) is 0 Å². The maximum atomic E-state index is 11.9. The molecule has 1 aromatic carbocycles. The van der Waals surface area contributed by atoms with E-state index in [0.717, 1.165) is 11.3 Å². The van der Waals surface area contributed by atoms with E-state index in [1.165, 1.54) is 4.90 Å². The minimum atomic E-state index is -0.371. The van der Waals surface area contributed by atoms with Gasteiger partial charge in [0.2, 0.25) is 0 Å². The normalized spacial score (nSPS) is 12.1. The van der Waals surface area contributed by atoms with Crippen LogP contribution in [0.15, 0.2) is 24.3 Å². The van der Waals surface area contributed by atoms with E-state index in [4.69, 9.17) is 4.74 Å². The maximum absolute atomic E-state index is 11.9. The molecular weight excluding hydrogens is 244 g/mol. The molecule has 0 unspecified atom stereocenters. The molecule has 0 aromatic heterocycles. The number of urea groups is 1. The Kier molecular flexibility index (Phi) is 5.63. The third kappa shape index (κ3) is 4.13. The number of aliphatic hydroxyl groups is 1. The van der Waals surface area contributed by atoms with Gasteiger partial charge in [-0.05, 0) is 31.5 Å². The van der Waals surface area contributed by atoms with Gasteiger partial charge >= 0.3 is 6.03 Å². The van der Waals surface area contributed by atoms with Gasteiger partial charge in [0.15, 0.2) is 0 Å². The SMILES string of the molecule is COc1ccc([C@@H](CO)N(C)C(=O)NC(C)C)cc1. The highest BCUT2D eigenvalue weighted by molar-refractivity contribution is 5.74. The van der Waals surface area contributed by atoms with Gasteiger partial charge in [-0.15, -0.1) is 0 Å². The zero-order chi connectivity index (χ0) is 14.4. The standard InChI is InChI=1S/C14H22N2O3/c1-10(2)15-14(18)16(3)13(9-17)11-5-7-12(19-4)8-6-11/h5-8,10,13,17H,9H2,1-4H3,(H,15,18)/t13-/m1/s1. The molecule has 0 fully saturated rings. The molecule has 1 aromatic rings. The second kappa shape index (κ2) is 6.99. The molecule has 1 atom stereocenters. The van der Waals surface area contributed by atoms with Crippen molar-refractivity contribution < 1.29 is 14.6 Å². The summed E-state index contributed by atoms with van der Waals surface area (Å²) in [5.41, 5.74) is 0.865.